The molecule has 1 amide bonds. The van der Waals surface area contributed by atoms with Crippen molar-refractivity contribution in [2.75, 3.05) is 12.3 Å². The van der Waals surface area contributed by atoms with Gasteiger partial charge in [0.1, 0.15) is 0 Å². The summed E-state index contributed by atoms with van der Waals surface area (Å²) in [6, 6.07) is 17.2. The first-order valence-corrected chi connectivity index (χ1v) is 8.51. The number of amides is 1. The van der Waals surface area contributed by atoms with Crippen molar-refractivity contribution in [1.82, 2.24) is 4.90 Å². The molecule has 1 heterocycles. The molecule has 1 aliphatic heterocycles. The molecule has 0 bridgehead atoms. The van der Waals surface area contributed by atoms with E-state index in [2.05, 4.69) is 0 Å². The number of benzene rings is 2. The van der Waals surface area contributed by atoms with E-state index in [9.17, 15) is 9.90 Å². The zero-order chi connectivity index (χ0) is 16.9. The minimum Gasteiger partial charge on any atom is -0.398 e. The van der Waals surface area contributed by atoms with Crippen molar-refractivity contribution in [3.8, 4) is 0 Å². The molecule has 4 nitrogen and oxygen atoms in total. The van der Waals surface area contributed by atoms with Crippen molar-refractivity contribution >= 4 is 11.6 Å². The van der Waals surface area contributed by atoms with Crippen LogP contribution >= 0.6 is 0 Å². The molecule has 0 aliphatic carbocycles. The number of nitrogen functional groups attached to an aromatic ring is 1. The number of hydrogen-bond acceptors (Lipinski definition) is 3. The molecule has 2 atom stereocenters. The molecular formula is C20H24N2O2. The number of anilines is 1. The maximum atomic E-state index is 12.7. The summed E-state index contributed by atoms with van der Waals surface area (Å²) in [5.74, 6) is 0.0932. The van der Waals surface area contributed by atoms with E-state index in [0.29, 0.717) is 18.5 Å². The molecule has 24 heavy (non-hydrogen) atoms. The van der Waals surface area contributed by atoms with E-state index in [1.807, 2.05) is 59.5 Å². The van der Waals surface area contributed by atoms with Crippen LogP contribution in [0.2, 0.25) is 0 Å². The van der Waals surface area contributed by atoms with Crippen LogP contribution in [0.25, 0.3) is 0 Å². The molecule has 3 N–H and O–H groups in total. The van der Waals surface area contributed by atoms with Gasteiger partial charge in [-0.3, -0.25) is 4.79 Å². The minimum absolute atomic E-state index is 0.0932. The quantitative estimate of drug-likeness (QED) is 0.831. The van der Waals surface area contributed by atoms with Gasteiger partial charge in [0.15, 0.2) is 0 Å². The lowest BCUT2D eigenvalue weighted by atomic mass is 10.00. The summed E-state index contributed by atoms with van der Waals surface area (Å²) in [5, 5.41) is 10.5. The van der Waals surface area contributed by atoms with Crippen LogP contribution in [0.15, 0.2) is 54.6 Å². The Labute approximate surface area is 142 Å². The van der Waals surface area contributed by atoms with Gasteiger partial charge >= 0.3 is 0 Å². The number of para-hydroxylation sites is 1. The Morgan fingerprint density at radius 2 is 1.88 bits per heavy atom. The Morgan fingerprint density at radius 3 is 2.62 bits per heavy atom. The van der Waals surface area contributed by atoms with Gasteiger partial charge in [-0.1, -0.05) is 48.5 Å². The maximum Gasteiger partial charge on any atom is 0.227 e. The predicted octanol–water partition coefficient (Wildman–Crippen LogP) is 2.93. The van der Waals surface area contributed by atoms with E-state index in [0.717, 1.165) is 30.5 Å². The van der Waals surface area contributed by atoms with E-state index in [4.69, 9.17) is 5.73 Å². The number of nitrogens with zero attached hydrogens (tertiary/aromatic N) is 1. The monoisotopic (exact) mass is 324 g/mol. The summed E-state index contributed by atoms with van der Waals surface area (Å²) < 4.78 is 0. The largest absolute Gasteiger partial charge is 0.398 e. The Morgan fingerprint density at radius 1 is 1.17 bits per heavy atom. The molecule has 0 spiro atoms. The van der Waals surface area contributed by atoms with Gasteiger partial charge in [0.25, 0.3) is 0 Å². The van der Waals surface area contributed by atoms with Crippen molar-refractivity contribution in [2.24, 2.45) is 0 Å². The zero-order valence-corrected chi connectivity index (χ0v) is 13.8. The van der Waals surface area contributed by atoms with Crippen LogP contribution in [0.1, 0.15) is 36.5 Å². The van der Waals surface area contributed by atoms with Crippen LogP contribution in [0, 0.1) is 0 Å². The first-order chi connectivity index (χ1) is 11.6. The lowest BCUT2D eigenvalue weighted by Gasteiger charge is -2.27. The van der Waals surface area contributed by atoms with Crippen LogP contribution in [0.3, 0.4) is 0 Å². The standard InChI is InChI=1S/C20H24N2O2/c21-18-11-5-4-9-16(18)13-20(24)22-12-6-10-17(22)14-19(23)15-7-2-1-3-8-15/h1-5,7-9,11,17,19,23H,6,10,12-14,21H2. The second-order valence-corrected chi connectivity index (χ2v) is 6.42. The average molecular weight is 324 g/mol. The predicted molar refractivity (Wildman–Crippen MR) is 95.3 cm³/mol. The molecule has 0 saturated carbocycles. The van der Waals surface area contributed by atoms with Gasteiger partial charge in [0.2, 0.25) is 5.91 Å². The van der Waals surface area contributed by atoms with Crippen LogP contribution in [0.4, 0.5) is 5.69 Å². The number of nitrogens with two attached hydrogens (primary N) is 1. The lowest BCUT2D eigenvalue weighted by Crippen LogP contribution is -2.37. The Kier molecular flexibility index (Phi) is 5.16. The average Bonchev–Trinajstić information content (AvgIpc) is 3.06. The third kappa shape index (κ3) is 3.77. The highest BCUT2D eigenvalue weighted by Crippen LogP contribution is 2.28. The first-order valence-electron chi connectivity index (χ1n) is 8.51. The summed E-state index contributed by atoms with van der Waals surface area (Å²) in [4.78, 5) is 14.6. The number of hydrogen-bond donors (Lipinski definition) is 2. The summed E-state index contributed by atoms with van der Waals surface area (Å²) in [6.45, 7) is 0.762. The molecule has 4 heteroatoms. The fourth-order valence-corrected chi connectivity index (χ4v) is 3.44. The van der Waals surface area contributed by atoms with Crippen molar-refractivity contribution in [1.29, 1.82) is 0 Å². The third-order valence-electron chi connectivity index (χ3n) is 4.77. The van der Waals surface area contributed by atoms with Crippen LogP contribution in [0.5, 0.6) is 0 Å². The smallest absolute Gasteiger partial charge is 0.227 e. The van der Waals surface area contributed by atoms with Gasteiger partial charge in [-0.25, -0.2) is 0 Å². The fourth-order valence-electron chi connectivity index (χ4n) is 3.44. The van der Waals surface area contributed by atoms with Crippen molar-refractivity contribution in [3.63, 3.8) is 0 Å². The van der Waals surface area contributed by atoms with Crippen molar-refractivity contribution in [2.45, 2.75) is 37.8 Å². The highest BCUT2D eigenvalue weighted by molar-refractivity contribution is 5.81. The minimum atomic E-state index is -0.536. The summed E-state index contributed by atoms with van der Waals surface area (Å²) in [7, 11) is 0. The van der Waals surface area contributed by atoms with Crippen LogP contribution < -0.4 is 5.73 Å². The highest BCUT2D eigenvalue weighted by atomic mass is 16.3. The second-order valence-electron chi connectivity index (χ2n) is 6.42. The molecular weight excluding hydrogens is 300 g/mol. The van der Waals surface area contributed by atoms with E-state index in [1.165, 1.54) is 0 Å². The number of rotatable bonds is 5. The van der Waals surface area contributed by atoms with Gasteiger partial charge in [0.05, 0.1) is 12.5 Å². The molecule has 3 rings (SSSR count). The zero-order valence-electron chi connectivity index (χ0n) is 13.8. The first kappa shape index (κ1) is 16.5. The van der Waals surface area contributed by atoms with E-state index < -0.39 is 6.10 Å². The summed E-state index contributed by atoms with van der Waals surface area (Å²) >= 11 is 0. The summed E-state index contributed by atoms with van der Waals surface area (Å²) in [6.07, 6.45) is 2.30. The fraction of sp³-hybridized carbons (Fsp3) is 0.350. The normalized spacial score (nSPS) is 18.5. The topological polar surface area (TPSA) is 66.6 Å². The number of likely N-dealkylation sites (tertiary alicyclic amines) is 1. The SMILES string of the molecule is Nc1ccccc1CC(=O)N1CCCC1CC(O)c1ccccc1. The molecule has 0 radical (unpaired) electrons. The molecule has 1 aliphatic rings. The van der Waals surface area contributed by atoms with Crippen molar-refractivity contribution < 1.29 is 9.90 Å². The third-order valence-corrected chi connectivity index (χ3v) is 4.77. The highest BCUT2D eigenvalue weighted by Gasteiger charge is 2.30. The van der Waals surface area contributed by atoms with Gasteiger partial charge in [0, 0.05) is 18.3 Å². The number of aliphatic hydroxyl groups excluding tert-OH is 1. The van der Waals surface area contributed by atoms with Crippen molar-refractivity contribution in [3.05, 3.63) is 65.7 Å². The summed E-state index contributed by atoms with van der Waals surface area (Å²) in [5.41, 5.74) is 8.39. The number of aliphatic hydroxyl groups is 1. The molecule has 1 fully saturated rings. The number of carbonyl (C=O) groups is 1. The molecule has 2 aromatic carbocycles. The lowest BCUT2D eigenvalue weighted by molar-refractivity contribution is -0.131. The molecule has 0 aromatic heterocycles. The second kappa shape index (κ2) is 7.49. The van der Waals surface area contributed by atoms with E-state index in [-0.39, 0.29) is 11.9 Å². The van der Waals surface area contributed by atoms with Crippen LogP contribution in [-0.2, 0) is 11.2 Å². The molecule has 1 saturated heterocycles. The Hall–Kier alpha value is -2.33. The van der Waals surface area contributed by atoms with E-state index in [1.54, 1.807) is 0 Å². The number of carbonyl (C=O) groups excluding carboxylic acids is 1. The van der Waals surface area contributed by atoms with Gasteiger partial charge in [-0.15, -0.1) is 0 Å². The van der Waals surface area contributed by atoms with Gasteiger partial charge in [-0.2, -0.15) is 0 Å². The molecule has 126 valence electrons. The molecule has 2 aromatic rings. The van der Waals surface area contributed by atoms with E-state index >= 15 is 0 Å². The molecule has 2 unspecified atom stereocenters. The van der Waals surface area contributed by atoms with Crippen LogP contribution in [-0.4, -0.2) is 28.5 Å². The van der Waals surface area contributed by atoms with Gasteiger partial charge in [-0.05, 0) is 36.5 Å². The Balaban J connectivity index is 1.65. The van der Waals surface area contributed by atoms with Gasteiger partial charge < -0.3 is 15.7 Å². The maximum absolute atomic E-state index is 12.7. The Bertz CT molecular complexity index is 687.